The van der Waals surface area contributed by atoms with Crippen molar-refractivity contribution in [2.75, 3.05) is 40.9 Å². The van der Waals surface area contributed by atoms with Gasteiger partial charge in [0.1, 0.15) is 13.2 Å². The number of rotatable bonds is 35. The zero-order chi connectivity index (χ0) is 39.3. The first-order valence-electron chi connectivity index (χ1n) is 20.5. The van der Waals surface area contributed by atoms with Gasteiger partial charge in [-0.1, -0.05) is 144 Å². The predicted molar refractivity (Wildman–Crippen MR) is 226 cm³/mol. The number of aliphatic hydroxyl groups is 1. The summed E-state index contributed by atoms with van der Waals surface area (Å²) in [4.78, 5) is 22.9. The van der Waals surface area contributed by atoms with Crippen molar-refractivity contribution in [3.05, 3.63) is 85.1 Å². The van der Waals surface area contributed by atoms with Gasteiger partial charge in [0.15, 0.2) is 0 Å². The fraction of sp³-hybridized carbons (Fsp3) is 0.659. The number of nitrogens with one attached hydrogen (secondary N) is 1. The molecule has 0 aliphatic carbocycles. The number of nitrogens with zero attached hydrogens (tertiary/aromatic N) is 1. The van der Waals surface area contributed by atoms with E-state index in [9.17, 15) is 19.4 Å². The first-order valence-corrected chi connectivity index (χ1v) is 22.0. The smallest absolute Gasteiger partial charge is 0.387 e. The van der Waals surface area contributed by atoms with Crippen molar-refractivity contribution in [3.63, 3.8) is 0 Å². The molecular formula is C44H78N2O6P+. The van der Waals surface area contributed by atoms with E-state index in [0.717, 1.165) is 96.3 Å². The van der Waals surface area contributed by atoms with Crippen molar-refractivity contribution in [1.82, 2.24) is 5.32 Å². The summed E-state index contributed by atoms with van der Waals surface area (Å²) in [6, 6.07) is -0.856. The van der Waals surface area contributed by atoms with Crippen LogP contribution in [0.5, 0.6) is 0 Å². The van der Waals surface area contributed by atoms with Crippen molar-refractivity contribution < 1.29 is 32.9 Å². The first kappa shape index (κ1) is 50.7. The molecule has 0 fully saturated rings. The summed E-state index contributed by atoms with van der Waals surface area (Å²) in [6.07, 6.45) is 48.2. The van der Waals surface area contributed by atoms with Crippen LogP contribution in [0.15, 0.2) is 85.1 Å². The van der Waals surface area contributed by atoms with Crippen molar-refractivity contribution in [1.29, 1.82) is 0 Å². The number of carbonyl (C=O) groups excluding carboxylic acids is 1. The molecule has 53 heavy (non-hydrogen) atoms. The average molecular weight is 762 g/mol. The molecule has 1 amide bonds. The Labute approximate surface area is 325 Å². The van der Waals surface area contributed by atoms with Gasteiger partial charge in [0, 0.05) is 6.42 Å². The lowest BCUT2D eigenvalue weighted by molar-refractivity contribution is -0.870. The normalized spacial score (nSPS) is 15.4. The summed E-state index contributed by atoms with van der Waals surface area (Å²) in [5, 5.41) is 13.6. The van der Waals surface area contributed by atoms with Gasteiger partial charge in [-0.3, -0.25) is 13.8 Å². The minimum Gasteiger partial charge on any atom is -0.387 e. The molecule has 0 saturated carbocycles. The van der Waals surface area contributed by atoms with Gasteiger partial charge in [-0.2, -0.15) is 0 Å². The maximum Gasteiger partial charge on any atom is 0.472 e. The highest BCUT2D eigenvalue weighted by Crippen LogP contribution is 2.43. The van der Waals surface area contributed by atoms with Gasteiger partial charge in [-0.25, -0.2) is 4.57 Å². The van der Waals surface area contributed by atoms with E-state index >= 15 is 0 Å². The largest absolute Gasteiger partial charge is 0.472 e. The molecule has 8 nitrogen and oxygen atoms in total. The fourth-order valence-corrected chi connectivity index (χ4v) is 5.84. The summed E-state index contributed by atoms with van der Waals surface area (Å²) < 4.78 is 23.3. The summed E-state index contributed by atoms with van der Waals surface area (Å²) in [7, 11) is 1.54. The van der Waals surface area contributed by atoms with Gasteiger partial charge in [0.2, 0.25) is 5.91 Å². The zero-order valence-corrected chi connectivity index (χ0v) is 35.1. The quantitative estimate of drug-likeness (QED) is 0.0257. The van der Waals surface area contributed by atoms with E-state index in [4.69, 9.17) is 9.05 Å². The van der Waals surface area contributed by atoms with Gasteiger partial charge < -0.3 is 19.8 Å². The number of hydrogen-bond acceptors (Lipinski definition) is 5. The lowest BCUT2D eigenvalue weighted by atomic mass is 10.1. The first-order chi connectivity index (χ1) is 25.5. The number of phosphoric ester groups is 1. The molecule has 9 heteroatoms. The minimum atomic E-state index is -4.33. The molecule has 3 unspecified atom stereocenters. The molecule has 0 aromatic carbocycles. The number of quaternary nitrogens is 1. The standard InChI is InChI=1S/C44H77N2O6P/c1-6-8-10-12-14-15-16-17-18-19-20-21-22-23-24-25-26-27-28-29-30-31-32-34-36-38-44(48)45-42(43(47)37-35-33-13-11-9-7-2)41-52-53(49,50)51-40-39-46(3,4)5/h8,10,14-15,17-18,20-21,23-24,26-27,35,37,42-43,47H,6-7,9,11-13,16,19,22,25,28-34,36,38-41H2,1-5H3,(H-,45,48,49,50)/p+1/b10-8-,15-14-,18-17-,21-20-,24-23-,27-26-,37-35+. The van der Waals surface area contributed by atoms with E-state index in [1.54, 1.807) is 6.08 Å². The van der Waals surface area contributed by atoms with Gasteiger partial charge in [0.25, 0.3) is 0 Å². The summed E-state index contributed by atoms with van der Waals surface area (Å²) >= 11 is 0. The topological polar surface area (TPSA) is 105 Å². The second-order valence-electron chi connectivity index (χ2n) is 14.6. The molecule has 0 aliphatic heterocycles. The molecular weight excluding hydrogens is 683 g/mol. The number of likely N-dealkylation sites (N-methyl/N-ethyl adjacent to an activating group) is 1. The van der Waals surface area contributed by atoms with E-state index in [-0.39, 0.29) is 19.1 Å². The van der Waals surface area contributed by atoms with Crippen LogP contribution in [-0.4, -0.2) is 73.4 Å². The fourth-order valence-electron chi connectivity index (χ4n) is 5.10. The lowest BCUT2D eigenvalue weighted by Crippen LogP contribution is -2.45. The molecule has 0 aromatic rings. The Balaban J connectivity index is 4.24. The second-order valence-corrected chi connectivity index (χ2v) is 16.1. The molecule has 3 N–H and O–H groups in total. The van der Waals surface area contributed by atoms with E-state index in [1.165, 1.54) is 19.3 Å². The summed E-state index contributed by atoms with van der Waals surface area (Å²) in [6.45, 7) is 4.57. The molecule has 3 atom stereocenters. The number of unbranched alkanes of at least 4 members (excludes halogenated alkanes) is 10. The highest BCUT2D eigenvalue weighted by Gasteiger charge is 2.27. The molecule has 304 valence electrons. The number of carbonyl (C=O) groups is 1. The van der Waals surface area contributed by atoms with Gasteiger partial charge in [-0.05, 0) is 70.6 Å². The van der Waals surface area contributed by atoms with Crippen LogP contribution in [0.1, 0.15) is 136 Å². The minimum absolute atomic E-state index is 0.0526. The van der Waals surface area contributed by atoms with E-state index < -0.39 is 20.0 Å². The maximum absolute atomic E-state index is 12.8. The molecule has 0 spiro atoms. The van der Waals surface area contributed by atoms with Crippen molar-refractivity contribution in [2.24, 2.45) is 0 Å². The predicted octanol–water partition coefficient (Wildman–Crippen LogP) is 11.0. The SMILES string of the molecule is CC/C=C\C/C=C\C/C=C\C/C=C\C/C=C\C/C=C\CCCCCCCCC(=O)NC(COP(=O)(O)OCC[N+](C)(C)C)C(O)/C=C/CCCCCC. The van der Waals surface area contributed by atoms with Crippen LogP contribution in [0, 0.1) is 0 Å². The van der Waals surface area contributed by atoms with Crippen LogP contribution in [-0.2, 0) is 18.4 Å². The lowest BCUT2D eigenvalue weighted by Gasteiger charge is -2.25. The van der Waals surface area contributed by atoms with E-state index in [0.29, 0.717) is 17.4 Å². The Morgan fingerprint density at radius 3 is 1.66 bits per heavy atom. The third-order valence-electron chi connectivity index (χ3n) is 8.37. The van der Waals surface area contributed by atoms with Gasteiger partial charge >= 0.3 is 7.82 Å². The van der Waals surface area contributed by atoms with Crippen molar-refractivity contribution >= 4 is 13.7 Å². The number of hydrogen-bond donors (Lipinski definition) is 3. The Kier molecular flexibility index (Phi) is 33.8. The Morgan fingerprint density at radius 2 is 1.13 bits per heavy atom. The third-order valence-corrected chi connectivity index (χ3v) is 9.36. The summed E-state index contributed by atoms with van der Waals surface area (Å²) in [5.74, 6) is -0.203. The Hall–Kier alpha value is -2.32. The van der Waals surface area contributed by atoms with Gasteiger partial charge in [-0.15, -0.1) is 0 Å². The highest BCUT2D eigenvalue weighted by molar-refractivity contribution is 7.47. The van der Waals surface area contributed by atoms with Crippen LogP contribution in [0.25, 0.3) is 0 Å². The van der Waals surface area contributed by atoms with Crippen LogP contribution < -0.4 is 5.32 Å². The van der Waals surface area contributed by atoms with Crippen LogP contribution in [0.2, 0.25) is 0 Å². The molecule has 0 bridgehead atoms. The second kappa shape index (κ2) is 35.4. The van der Waals surface area contributed by atoms with Crippen LogP contribution >= 0.6 is 7.82 Å². The molecule has 0 rings (SSSR count). The third kappa shape index (κ3) is 37.8. The van der Waals surface area contributed by atoms with Crippen LogP contribution in [0.4, 0.5) is 0 Å². The van der Waals surface area contributed by atoms with Crippen molar-refractivity contribution in [3.8, 4) is 0 Å². The number of phosphoric acid groups is 1. The molecule has 0 saturated heterocycles. The molecule has 0 radical (unpaired) electrons. The highest BCUT2D eigenvalue weighted by atomic mass is 31.2. The van der Waals surface area contributed by atoms with Gasteiger partial charge in [0.05, 0.1) is 39.9 Å². The summed E-state index contributed by atoms with van der Waals surface area (Å²) in [5.41, 5.74) is 0. The number of aliphatic hydroxyl groups excluding tert-OH is 1. The van der Waals surface area contributed by atoms with Crippen LogP contribution in [0.3, 0.4) is 0 Å². The van der Waals surface area contributed by atoms with E-state index in [2.05, 4.69) is 92.1 Å². The monoisotopic (exact) mass is 762 g/mol. The zero-order valence-electron chi connectivity index (χ0n) is 34.2. The van der Waals surface area contributed by atoms with E-state index in [1.807, 2.05) is 27.2 Å². The molecule has 0 aliphatic rings. The average Bonchev–Trinajstić information content (AvgIpc) is 3.10. The maximum atomic E-state index is 12.8. The number of allylic oxidation sites excluding steroid dienone is 13. The van der Waals surface area contributed by atoms with Crippen molar-refractivity contribution in [2.45, 2.75) is 148 Å². The Bertz CT molecular complexity index is 1140. The number of amides is 1. The Morgan fingerprint density at radius 1 is 0.660 bits per heavy atom. The molecule has 0 aromatic heterocycles. The molecule has 0 heterocycles.